The van der Waals surface area contributed by atoms with Crippen LogP contribution in [0.4, 0.5) is 4.79 Å². The minimum atomic E-state index is -1.07. The molecule has 3 heterocycles. The number of benzene rings is 4. The van der Waals surface area contributed by atoms with E-state index in [1.807, 2.05) is 97.3 Å². The molecule has 7 aromatic rings. The zero-order valence-corrected chi connectivity index (χ0v) is 25.2. The van der Waals surface area contributed by atoms with Crippen molar-refractivity contribution < 1.29 is 19.1 Å². The van der Waals surface area contributed by atoms with Gasteiger partial charge in [-0.1, -0.05) is 84.1 Å². The maximum Gasteiger partial charge on any atom is 0.408 e. The lowest BCUT2D eigenvalue weighted by molar-refractivity contribution is -0.123. The van der Waals surface area contributed by atoms with E-state index in [1.165, 1.54) is 4.68 Å². The van der Waals surface area contributed by atoms with Crippen molar-refractivity contribution in [3.63, 3.8) is 0 Å². The number of para-hydroxylation sites is 3. The lowest BCUT2D eigenvalue weighted by atomic mass is 10.0. The van der Waals surface area contributed by atoms with E-state index in [4.69, 9.17) is 4.74 Å². The van der Waals surface area contributed by atoms with Crippen LogP contribution in [0, 0.1) is 0 Å². The van der Waals surface area contributed by atoms with Crippen LogP contribution in [0.1, 0.15) is 21.5 Å². The van der Waals surface area contributed by atoms with Crippen molar-refractivity contribution in [2.75, 3.05) is 0 Å². The highest BCUT2D eigenvalue weighted by Gasteiger charge is 2.31. The Morgan fingerprint density at radius 2 is 1.30 bits per heavy atom. The minimum absolute atomic E-state index is 0.0369. The fraction of sp³-hybridized carbons (Fsp3) is 0.139. The van der Waals surface area contributed by atoms with Gasteiger partial charge in [-0.3, -0.25) is 9.59 Å². The summed E-state index contributed by atoms with van der Waals surface area (Å²) in [4.78, 5) is 47.8. The van der Waals surface area contributed by atoms with Crippen LogP contribution in [0.2, 0.25) is 0 Å². The van der Waals surface area contributed by atoms with Crippen LogP contribution in [0.15, 0.2) is 116 Å². The van der Waals surface area contributed by atoms with Gasteiger partial charge in [-0.2, -0.15) is 4.68 Å². The third kappa shape index (κ3) is 6.32. The smallest absolute Gasteiger partial charge is 0.408 e. The van der Waals surface area contributed by atoms with E-state index in [9.17, 15) is 14.4 Å². The number of hydrogen-bond acceptors (Lipinski definition) is 6. The number of nitrogens with zero attached hydrogens (tertiary/aromatic N) is 3. The van der Waals surface area contributed by atoms with E-state index >= 15 is 0 Å². The van der Waals surface area contributed by atoms with Gasteiger partial charge in [0.15, 0.2) is 0 Å². The van der Waals surface area contributed by atoms with Gasteiger partial charge < -0.3 is 25.3 Å². The largest absolute Gasteiger partial charge is 0.445 e. The lowest BCUT2D eigenvalue weighted by Crippen LogP contribution is -2.54. The molecule has 11 nitrogen and oxygen atoms in total. The van der Waals surface area contributed by atoms with E-state index in [-0.39, 0.29) is 19.4 Å². The van der Waals surface area contributed by atoms with Crippen molar-refractivity contribution in [2.24, 2.45) is 0 Å². The van der Waals surface area contributed by atoms with Crippen molar-refractivity contribution >= 4 is 50.7 Å². The maximum absolute atomic E-state index is 14.2. The van der Waals surface area contributed by atoms with Crippen LogP contribution in [0.5, 0.6) is 0 Å². The molecule has 0 saturated carbocycles. The number of alkyl carbamates (subject to hydrolysis) is 1. The van der Waals surface area contributed by atoms with Gasteiger partial charge in [0.05, 0.1) is 5.52 Å². The van der Waals surface area contributed by atoms with Crippen molar-refractivity contribution in [1.29, 1.82) is 0 Å². The Morgan fingerprint density at radius 3 is 2.00 bits per heavy atom. The normalized spacial score (nSPS) is 12.6. The molecule has 0 radical (unpaired) electrons. The Morgan fingerprint density at radius 1 is 0.702 bits per heavy atom. The second-order valence-electron chi connectivity index (χ2n) is 11.3. The van der Waals surface area contributed by atoms with E-state index in [1.54, 1.807) is 18.2 Å². The molecule has 3 aromatic heterocycles. The number of amides is 2. The molecule has 0 fully saturated rings. The number of hydrogen-bond donors (Lipinski definition) is 4. The topological polar surface area (TPSA) is 147 Å². The molecule has 0 spiro atoms. The van der Waals surface area contributed by atoms with Crippen molar-refractivity contribution in [2.45, 2.75) is 31.5 Å². The first-order valence-corrected chi connectivity index (χ1v) is 15.3. The van der Waals surface area contributed by atoms with Crippen LogP contribution in [0.25, 0.3) is 32.8 Å². The molecule has 0 unspecified atom stereocenters. The molecule has 0 aliphatic heterocycles. The number of carbonyl (C=O) groups is 3. The molecule has 7 rings (SSSR count). The molecule has 2 amide bonds. The summed E-state index contributed by atoms with van der Waals surface area (Å²) in [5.41, 5.74) is 5.36. The molecule has 0 aliphatic rings. The number of aromatic amines is 2. The number of fused-ring (bicyclic) bond motifs is 3. The van der Waals surface area contributed by atoms with Gasteiger partial charge in [-0.15, -0.1) is 5.10 Å². The molecule has 11 heteroatoms. The molecule has 0 aliphatic carbocycles. The Kier molecular flexibility index (Phi) is 8.16. The summed E-state index contributed by atoms with van der Waals surface area (Å²) in [7, 11) is 0. The van der Waals surface area contributed by atoms with E-state index in [0.717, 1.165) is 38.5 Å². The summed E-state index contributed by atoms with van der Waals surface area (Å²) in [6.07, 6.45) is 3.21. The van der Waals surface area contributed by atoms with Crippen LogP contribution in [0.3, 0.4) is 0 Å². The molecular formula is C36H31N7O4. The van der Waals surface area contributed by atoms with Crippen molar-refractivity contribution in [3.8, 4) is 0 Å². The van der Waals surface area contributed by atoms with Gasteiger partial charge in [0.1, 0.15) is 24.2 Å². The zero-order valence-electron chi connectivity index (χ0n) is 25.2. The number of aromatic nitrogens is 5. The fourth-order valence-corrected chi connectivity index (χ4v) is 5.81. The number of rotatable bonds is 10. The summed E-state index contributed by atoms with van der Waals surface area (Å²) in [6.45, 7) is 0.0369. The molecule has 4 N–H and O–H groups in total. The average molecular weight is 626 g/mol. The Labute approximate surface area is 268 Å². The molecule has 0 bridgehead atoms. The molecule has 0 saturated heterocycles. The van der Waals surface area contributed by atoms with Crippen molar-refractivity contribution in [3.05, 3.63) is 132 Å². The van der Waals surface area contributed by atoms with Crippen LogP contribution >= 0.6 is 0 Å². The zero-order chi connectivity index (χ0) is 32.2. The van der Waals surface area contributed by atoms with Gasteiger partial charge in [-0.05, 0) is 41.0 Å². The third-order valence-corrected chi connectivity index (χ3v) is 8.19. The second kappa shape index (κ2) is 13.0. The minimum Gasteiger partial charge on any atom is -0.445 e. The van der Waals surface area contributed by atoms with E-state index in [2.05, 4.69) is 30.9 Å². The van der Waals surface area contributed by atoms with E-state index < -0.39 is 30.0 Å². The highest BCUT2D eigenvalue weighted by molar-refractivity contribution is 5.97. The molecule has 234 valence electrons. The highest BCUT2D eigenvalue weighted by atomic mass is 16.5. The Bertz CT molecular complexity index is 2200. The number of H-pyrrole nitrogens is 2. The predicted molar refractivity (Wildman–Crippen MR) is 178 cm³/mol. The summed E-state index contributed by atoms with van der Waals surface area (Å²) in [5.74, 6) is -1.01. The lowest BCUT2D eigenvalue weighted by Gasteiger charge is -2.23. The quantitative estimate of drug-likeness (QED) is 0.162. The van der Waals surface area contributed by atoms with Crippen LogP contribution in [-0.4, -0.2) is 55.0 Å². The second-order valence-corrected chi connectivity index (χ2v) is 11.3. The number of carbonyl (C=O) groups excluding carboxylic acids is 3. The fourth-order valence-electron chi connectivity index (χ4n) is 5.81. The number of nitrogens with one attached hydrogen (secondary N) is 4. The van der Waals surface area contributed by atoms with E-state index in [0.29, 0.717) is 11.0 Å². The number of ether oxygens (including phenoxy) is 1. The highest BCUT2D eigenvalue weighted by Crippen LogP contribution is 2.22. The Hall–Kier alpha value is -6.23. The summed E-state index contributed by atoms with van der Waals surface area (Å²) < 4.78 is 6.69. The first kappa shape index (κ1) is 29.5. The standard InChI is InChI=1S/C36H31N7O4/c44-34(31(18-24-20-37-28-14-6-4-12-26(24)28)40-36(46)47-22-23-10-2-1-3-11-23)39-32(19-25-21-38-29-15-7-5-13-27(25)29)35(45)43-33-17-9-8-16-30(33)41-42-43/h1-17,20-21,31-32,37-38H,18-19,22H2,(H,39,44)(H,40,46)/t31-,32-/m0/s1. The van der Waals surface area contributed by atoms with Gasteiger partial charge in [0, 0.05) is 47.0 Å². The first-order valence-electron chi connectivity index (χ1n) is 15.3. The summed E-state index contributed by atoms with van der Waals surface area (Å²) in [6, 6.07) is 29.8. The molecular weight excluding hydrogens is 594 g/mol. The van der Waals surface area contributed by atoms with Gasteiger partial charge in [0.25, 0.3) is 5.91 Å². The van der Waals surface area contributed by atoms with Gasteiger partial charge >= 0.3 is 6.09 Å². The molecule has 2 atom stereocenters. The maximum atomic E-state index is 14.2. The summed E-state index contributed by atoms with van der Waals surface area (Å²) in [5, 5.41) is 15.8. The van der Waals surface area contributed by atoms with Crippen LogP contribution < -0.4 is 10.6 Å². The molecule has 47 heavy (non-hydrogen) atoms. The third-order valence-electron chi connectivity index (χ3n) is 8.19. The molecule has 4 aromatic carbocycles. The van der Waals surface area contributed by atoms with Crippen LogP contribution in [-0.2, 0) is 29.0 Å². The van der Waals surface area contributed by atoms with Gasteiger partial charge in [-0.25, -0.2) is 4.79 Å². The average Bonchev–Trinajstić information content (AvgIpc) is 3.84. The summed E-state index contributed by atoms with van der Waals surface area (Å²) >= 11 is 0. The predicted octanol–water partition coefficient (Wildman–Crippen LogP) is 5.30. The first-order chi connectivity index (χ1) is 23.0. The van der Waals surface area contributed by atoms with Gasteiger partial charge in [0.2, 0.25) is 5.91 Å². The van der Waals surface area contributed by atoms with Crippen molar-refractivity contribution in [1.82, 2.24) is 35.6 Å². The Balaban J connectivity index is 1.19. The SMILES string of the molecule is O=C(N[C@@H](Cc1c[nH]c2ccccc12)C(=O)N[C@@H](Cc1c[nH]c2ccccc12)C(=O)n1nnc2ccccc21)OCc1ccccc1. The monoisotopic (exact) mass is 625 g/mol.